The summed E-state index contributed by atoms with van der Waals surface area (Å²) in [6.07, 6.45) is -3.65. The lowest BCUT2D eigenvalue weighted by atomic mass is 10.1. The van der Waals surface area contributed by atoms with Crippen molar-refractivity contribution in [3.05, 3.63) is 16.8 Å². The van der Waals surface area contributed by atoms with Crippen molar-refractivity contribution >= 4 is 22.9 Å². The van der Waals surface area contributed by atoms with Crippen molar-refractivity contribution in [2.45, 2.75) is 24.5 Å². The summed E-state index contributed by atoms with van der Waals surface area (Å²) in [5.41, 5.74) is 14.7. The second-order valence-corrected chi connectivity index (χ2v) is 4.63. The van der Waals surface area contributed by atoms with Gasteiger partial charge in [-0.2, -0.15) is 0 Å². The Morgan fingerprint density at radius 3 is 2.82 bits per heavy atom. The van der Waals surface area contributed by atoms with Gasteiger partial charge in [-0.1, -0.05) is 0 Å². The zero-order valence-corrected chi connectivity index (χ0v) is 11.1. The smallest absolute Gasteiger partial charge is 0.201 e. The van der Waals surface area contributed by atoms with Gasteiger partial charge in [0.25, 0.3) is 0 Å². The fourth-order valence-electron chi connectivity index (χ4n) is 2.35. The molecule has 1 aliphatic heterocycles. The van der Waals surface area contributed by atoms with E-state index in [-0.39, 0.29) is 22.9 Å². The molecule has 1 aliphatic rings. The van der Waals surface area contributed by atoms with Gasteiger partial charge in [-0.15, -0.1) is 0 Å². The molecular formula is C10H12N8O4. The van der Waals surface area contributed by atoms with Crippen LogP contribution in [0.2, 0.25) is 0 Å². The summed E-state index contributed by atoms with van der Waals surface area (Å²) in [5.74, 6) is -0.0931. The van der Waals surface area contributed by atoms with Crippen LogP contribution in [0, 0.1) is 0 Å². The molecule has 4 atom stereocenters. The van der Waals surface area contributed by atoms with Crippen LogP contribution in [-0.2, 0) is 4.74 Å². The summed E-state index contributed by atoms with van der Waals surface area (Å²) in [4.78, 5) is 14.4. The maximum absolute atomic E-state index is 10.1. The molecule has 0 aromatic carbocycles. The monoisotopic (exact) mass is 308 g/mol. The normalized spacial score (nSPS) is 28.0. The van der Waals surface area contributed by atoms with E-state index in [0.717, 1.165) is 0 Å². The highest BCUT2D eigenvalue weighted by Crippen LogP contribution is 2.35. The molecule has 22 heavy (non-hydrogen) atoms. The van der Waals surface area contributed by atoms with Crippen molar-refractivity contribution in [1.29, 1.82) is 0 Å². The van der Waals surface area contributed by atoms with Crippen LogP contribution >= 0.6 is 0 Å². The second-order valence-electron chi connectivity index (χ2n) is 4.63. The molecule has 2 aromatic rings. The largest absolute Gasteiger partial charge is 0.394 e. The van der Waals surface area contributed by atoms with Crippen molar-refractivity contribution in [3.8, 4) is 0 Å². The van der Waals surface area contributed by atoms with Crippen LogP contribution in [-0.4, -0.2) is 59.8 Å². The summed E-state index contributed by atoms with van der Waals surface area (Å²) >= 11 is 0. The van der Waals surface area contributed by atoms with Gasteiger partial charge in [-0.25, -0.2) is 15.0 Å². The number of aliphatic hydroxyl groups excluding tert-OH is 3. The molecule has 12 heteroatoms. The molecule has 0 spiro atoms. The molecule has 0 saturated carbocycles. The first kappa shape index (κ1) is 14.4. The van der Waals surface area contributed by atoms with Gasteiger partial charge in [-0.05, 0) is 10.6 Å². The quantitative estimate of drug-likeness (QED) is 0.314. The lowest BCUT2D eigenvalue weighted by Gasteiger charge is -2.17. The number of nitrogens with two attached hydrogens (primary N) is 1. The average Bonchev–Trinajstić information content (AvgIpc) is 3.00. The SMILES string of the molecule is [N-]=[N+]=Nc1nc2c(N)ncnc2n1[C@@H]1O[C@H](CO)[C@@H](O)[C@H]1O. The van der Waals surface area contributed by atoms with Crippen molar-refractivity contribution in [1.82, 2.24) is 19.5 Å². The third-order valence-electron chi connectivity index (χ3n) is 3.39. The van der Waals surface area contributed by atoms with Crippen LogP contribution < -0.4 is 5.73 Å². The number of nitrogen functional groups attached to an aromatic ring is 1. The third-order valence-corrected chi connectivity index (χ3v) is 3.39. The van der Waals surface area contributed by atoms with Gasteiger partial charge < -0.3 is 25.8 Å². The number of aliphatic hydroxyl groups is 3. The Morgan fingerprint density at radius 2 is 2.18 bits per heavy atom. The van der Waals surface area contributed by atoms with Crippen LogP contribution in [0.15, 0.2) is 11.4 Å². The van der Waals surface area contributed by atoms with Crippen LogP contribution in [0.1, 0.15) is 6.23 Å². The van der Waals surface area contributed by atoms with E-state index in [0.29, 0.717) is 0 Å². The maximum atomic E-state index is 10.1. The van der Waals surface area contributed by atoms with E-state index < -0.39 is 31.1 Å². The van der Waals surface area contributed by atoms with Crippen molar-refractivity contribution in [2.75, 3.05) is 12.3 Å². The lowest BCUT2D eigenvalue weighted by molar-refractivity contribution is -0.0502. The Bertz CT molecular complexity index is 757. The molecule has 0 aliphatic carbocycles. The molecule has 1 fully saturated rings. The molecule has 3 heterocycles. The number of aromatic nitrogens is 4. The maximum Gasteiger partial charge on any atom is 0.201 e. The molecule has 0 bridgehead atoms. The van der Waals surface area contributed by atoms with Crippen LogP contribution in [0.25, 0.3) is 21.6 Å². The number of azide groups is 1. The first-order chi connectivity index (χ1) is 10.6. The molecule has 1 saturated heterocycles. The highest BCUT2D eigenvalue weighted by molar-refractivity contribution is 5.83. The molecule has 3 rings (SSSR count). The molecule has 0 radical (unpaired) electrons. The number of imidazole rings is 1. The van der Waals surface area contributed by atoms with Crippen molar-refractivity contribution in [3.63, 3.8) is 0 Å². The third kappa shape index (κ3) is 2.03. The van der Waals surface area contributed by atoms with E-state index in [1.165, 1.54) is 10.9 Å². The number of rotatable bonds is 3. The predicted molar refractivity (Wildman–Crippen MR) is 71.6 cm³/mol. The number of hydrogen-bond donors (Lipinski definition) is 4. The van der Waals surface area contributed by atoms with Gasteiger partial charge >= 0.3 is 0 Å². The highest BCUT2D eigenvalue weighted by Gasteiger charge is 2.44. The van der Waals surface area contributed by atoms with Crippen molar-refractivity contribution < 1.29 is 20.1 Å². The summed E-state index contributed by atoms with van der Waals surface area (Å²) < 4.78 is 6.61. The Balaban J connectivity index is 2.19. The number of hydrogen-bond acceptors (Lipinski definition) is 9. The fourth-order valence-corrected chi connectivity index (χ4v) is 2.35. The topological polar surface area (TPSA) is 188 Å². The Kier molecular flexibility index (Phi) is 3.52. The zero-order valence-electron chi connectivity index (χ0n) is 11.1. The number of ether oxygens (including phenoxy) is 1. The number of anilines is 1. The Morgan fingerprint density at radius 1 is 1.41 bits per heavy atom. The molecule has 2 aromatic heterocycles. The van der Waals surface area contributed by atoms with Gasteiger partial charge in [0.05, 0.1) is 6.61 Å². The minimum atomic E-state index is -1.38. The molecular weight excluding hydrogens is 296 g/mol. The highest BCUT2D eigenvalue weighted by atomic mass is 16.6. The lowest BCUT2D eigenvalue weighted by Crippen LogP contribution is -2.33. The number of nitrogens with zero attached hydrogens (tertiary/aromatic N) is 7. The molecule has 0 amide bonds. The summed E-state index contributed by atoms with van der Waals surface area (Å²) in [7, 11) is 0. The van der Waals surface area contributed by atoms with E-state index >= 15 is 0 Å². The van der Waals surface area contributed by atoms with Crippen LogP contribution in [0.5, 0.6) is 0 Å². The van der Waals surface area contributed by atoms with Gasteiger partial charge in [0.2, 0.25) is 5.95 Å². The first-order valence-corrected chi connectivity index (χ1v) is 6.24. The van der Waals surface area contributed by atoms with Gasteiger partial charge in [0, 0.05) is 4.91 Å². The van der Waals surface area contributed by atoms with E-state index in [1.807, 2.05) is 0 Å². The van der Waals surface area contributed by atoms with Crippen LogP contribution in [0.4, 0.5) is 11.8 Å². The minimum Gasteiger partial charge on any atom is -0.394 e. The van der Waals surface area contributed by atoms with E-state index in [2.05, 4.69) is 25.0 Å². The Hall–Kier alpha value is -2.50. The summed E-state index contributed by atoms with van der Waals surface area (Å²) in [6.45, 7) is -0.491. The van der Waals surface area contributed by atoms with Gasteiger partial charge in [-0.3, -0.25) is 4.57 Å². The Labute approximate surface area is 122 Å². The van der Waals surface area contributed by atoms with Crippen LogP contribution in [0.3, 0.4) is 0 Å². The fraction of sp³-hybridized carbons (Fsp3) is 0.500. The summed E-state index contributed by atoms with van der Waals surface area (Å²) in [6, 6.07) is 0. The van der Waals surface area contributed by atoms with Crippen molar-refractivity contribution in [2.24, 2.45) is 5.11 Å². The van der Waals surface area contributed by atoms with E-state index in [1.54, 1.807) is 0 Å². The van der Waals surface area contributed by atoms with Gasteiger partial charge in [0.15, 0.2) is 23.2 Å². The second kappa shape index (κ2) is 5.36. The van der Waals surface area contributed by atoms with E-state index in [4.69, 9.17) is 21.1 Å². The molecule has 0 unspecified atom stereocenters. The summed E-state index contributed by atoms with van der Waals surface area (Å²) in [5, 5.41) is 32.5. The zero-order chi connectivity index (χ0) is 15.9. The molecule has 5 N–H and O–H groups in total. The molecule has 12 nitrogen and oxygen atoms in total. The minimum absolute atomic E-state index is 0.0601. The van der Waals surface area contributed by atoms with Gasteiger partial charge in [0.1, 0.15) is 24.6 Å². The average molecular weight is 308 g/mol. The molecule has 116 valence electrons. The predicted octanol–water partition coefficient (Wildman–Crippen LogP) is -1.04. The number of fused-ring (bicyclic) bond motifs is 1. The first-order valence-electron chi connectivity index (χ1n) is 6.24. The van der Waals surface area contributed by atoms with E-state index in [9.17, 15) is 10.2 Å². The standard InChI is InChI=1S/C10H12N8O4/c11-7-4-8(14-2-13-7)18(10(15-4)16-17-12)9-6(21)5(20)3(1-19)22-9/h2-3,5-6,9,19-21H,1H2,(H2,11,13,14)/t3-,5-,6-,9-/m1/s1.